The summed E-state index contributed by atoms with van der Waals surface area (Å²) in [6, 6.07) is 16.7. The summed E-state index contributed by atoms with van der Waals surface area (Å²) >= 11 is 7.42. The zero-order chi connectivity index (χ0) is 20.4. The largest absolute Gasteiger partial charge is 0.434 e. The van der Waals surface area contributed by atoms with Gasteiger partial charge < -0.3 is 9.73 Å². The highest BCUT2D eigenvalue weighted by atomic mass is 127. The van der Waals surface area contributed by atoms with Crippen LogP contribution in [-0.2, 0) is 0 Å². The number of benzene rings is 2. The molecule has 2 aromatic heterocycles. The number of hydrogen-bond donors (Lipinski definition) is 2. The molecule has 144 valence electrons. The summed E-state index contributed by atoms with van der Waals surface area (Å²) in [6.45, 7) is 1.94. The Hall–Kier alpha value is -2.85. The minimum atomic E-state index is -0.249. The van der Waals surface area contributed by atoms with E-state index in [4.69, 9.17) is 16.6 Å². The number of pyridine rings is 1. The van der Waals surface area contributed by atoms with E-state index in [1.165, 1.54) is 0 Å². The molecule has 6 nitrogen and oxygen atoms in total. The van der Waals surface area contributed by atoms with Crippen molar-refractivity contribution in [3.63, 3.8) is 0 Å². The van der Waals surface area contributed by atoms with Crippen LogP contribution in [0.5, 0.6) is 0 Å². The molecular formula is C21H15IN4O2S. The van der Waals surface area contributed by atoms with E-state index in [2.05, 4.69) is 43.2 Å². The lowest BCUT2D eigenvalue weighted by atomic mass is 10.1. The van der Waals surface area contributed by atoms with Crippen LogP contribution >= 0.6 is 34.8 Å². The number of rotatable bonds is 3. The first-order valence-electron chi connectivity index (χ1n) is 8.71. The summed E-state index contributed by atoms with van der Waals surface area (Å²) in [5, 5.41) is 6.02. The zero-order valence-electron chi connectivity index (χ0n) is 15.3. The second-order valence-electron chi connectivity index (χ2n) is 6.26. The normalized spacial score (nSPS) is 10.7. The quantitative estimate of drug-likeness (QED) is 0.298. The third-order valence-corrected chi connectivity index (χ3v) is 5.38. The smallest absolute Gasteiger partial charge is 0.258 e. The lowest BCUT2D eigenvalue weighted by Crippen LogP contribution is -2.34. The van der Waals surface area contributed by atoms with E-state index in [9.17, 15) is 4.79 Å². The van der Waals surface area contributed by atoms with E-state index in [0.29, 0.717) is 22.7 Å². The van der Waals surface area contributed by atoms with Crippen molar-refractivity contribution < 1.29 is 9.21 Å². The number of fused-ring (bicyclic) bond motifs is 1. The number of anilines is 1. The fourth-order valence-corrected chi connectivity index (χ4v) is 3.63. The maximum Gasteiger partial charge on any atom is 0.258 e. The molecule has 0 aliphatic heterocycles. The molecule has 0 saturated carbocycles. The van der Waals surface area contributed by atoms with Crippen LogP contribution in [0.4, 0.5) is 5.69 Å². The zero-order valence-corrected chi connectivity index (χ0v) is 18.2. The van der Waals surface area contributed by atoms with E-state index in [1.54, 1.807) is 18.3 Å². The Morgan fingerprint density at radius 1 is 1.14 bits per heavy atom. The third-order valence-electron chi connectivity index (χ3n) is 4.23. The Morgan fingerprint density at radius 2 is 1.97 bits per heavy atom. The van der Waals surface area contributed by atoms with Crippen LogP contribution in [0, 0.1) is 10.5 Å². The van der Waals surface area contributed by atoms with Crippen molar-refractivity contribution >= 4 is 62.7 Å². The van der Waals surface area contributed by atoms with Crippen molar-refractivity contribution in [2.75, 3.05) is 5.32 Å². The Bertz CT molecular complexity index is 1210. The first-order chi connectivity index (χ1) is 14.0. The summed E-state index contributed by atoms with van der Waals surface area (Å²) < 4.78 is 6.63. The highest BCUT2D eigenvalue weighted by Gasteiger charge is 2.13. The molecule has 0 spiro atoms. The van der Waals surface area contributed by atoms with E-state index >= 15 is 0 Å². The number of halogens is 1. The standard InChI is InChI=1S/C21H15IN4O2S/c1-12-11-13(20-25-18-17(28-20)7-4-10-23-18)8-9-16(12)24-21(29)26-19(27)14-5-2-3-6-15(14)22/h2-11H,1H3,(H2,24,26,27,29). The molecule has 8 heteroatoms. The van der Waals surface area contributed by atoms with Gasteiger partial charge in [-0.2, -0.15) is 4.98 Å². The molecule has 0 bridgehead atoms. The number of hydrogen-bond acceptors (Lipinski definition) is 5. The second kappa shape index (κ2) is 8.26. The SMILES string of the molecule is Cc1cc(-c2nc3ncccc3o2)ccc1NC(=S)NC(=O)c1ccccc1I. The van der Waals surface area contributed by atoms with E-state index in [1.807, 2.05) is 49.4 Å². The van der Waals surface area contributed by atoms with Crippen LogP contribution in [0.15, 0.2) is 65.2 Å². The molecule has 2 N–H and O–H groups in total. The van der Waals surface area contributed by atoms with Crippen molar-refractivity contribution in [3.05, 3.63) is 75.5 Å². The Kier molecular flexibility index (Phi) is 5.54. The molecule has 0 fully saturated rings. The molecule has 0 radical (unpaired) electrons. The highest BCUT2D eigenvalue weighted by molar-refractivity contribution is 14.1. The van der Waals surface area contributed by atoms with Crippen LogP contribution in [0.1, 0.15) is 15.9 Å². The molecule has 1 amide bonds. The summed E-state index contributed by atoms with van der Waals surface area (Å²) in [5.41, 5.74) is 4.34. The summed E-state index contributed by atoms with van der Waals surface area (Å²) in [5.74, 6) is 0.253. The predicted molar refractivity (Wildman–Crippen MR) is 125 cm³/mol. The predicted octanol–water partition coefficient (Wildman–Crippen LogP) is 4.93. The molecule has 2 heterocycles. The van der Waals surface area contributed by atoms with Gasteiger partial charge in [-0.05, 0) is 89.8 Å². The third kappa shape index (κ3) is 4.28. The molecule has 2 aromatic carbocycles. The topological polar surface area (TPSA) is 80.1 Å². The lowest BCUT2D eigenvalue weighted by molar-refractivity contribution is 0.0977. The van der Waals surface area contributed by atoms with Gasteiger partial charge in [0.05, 0.1) is 5.56 Å². The molecule has 4 aromatic rings. The number of nitrogens with one attached hydrogen (secondary N) is 2. The van der Waals surface area contributed by atoms with Gasteiger partial charge in [-0.25, -0.2) is 4.98 Å². The van der Waals surface area contributed by atoms with Crippen LogP contribution in [-0.4, -0.2) is 21.0 Å². The molecule has 0 aliphatic carbocycles. The summed E-state index contributed by atoms with van der Waals surface area (Å²) in [6.07, 6.45) is 1.68. The maximum atomic E-state index is 12.4. The summed E-state index contributed by atoms with van der Waals surface area (Å²) in [4.78, 5) is 21.0. The lowest BCUT2D eigenvalue weighted by Gasteiger charge is -2.13. The number of thiocarbonyl (C=S) groups is 1. The van der Waals surface area contributed by atoms with Crippen molar-refractivity contribution in [1.82, 2.24) is 15.3 Å². The van der Waals surface area contributed by atoms with Gasteiger partial charge in [-0.3, -0.25) is 10.1 Å². The number of amides is 1. The Labute approximate surface area is 185 Å². The van der Waals surface area contributed by atoms with Crippen LogP contribution in [0.25, 0.3) is 22.7 Å². The van der Waals surface area contributed by atoms with Crippen molar-refractivity contribution in [2.45, 2.75) is 6.92 Å². The molecule has 4 rings (SSSR count). The van der Waals surface area contributed by atoms with Gasteiger partial charge in [0.2, 0.25) is 5.89 Å². The highest BCUT2D eigenvalue weighted by Crippen LogP contribution is 2.26. The molecule has 0 saturated heterocycles. The average molecular weight is 514 g/mol. The number of carbonyl (C=O) groups excluding carboxylic acids is 1. The number of aromatic nitrogens is 2. The van der Waals surface area contributed by atoms with E-state index < -0.39 is 0 Å². The minimum Gasteiger partial charge on any atom is -0.434 e. The fraction of sp³-hybridized carbons (Fsp3) is 0.0476. The minimum absolute atomic E-state index is 0.233. The van der Waals surface area contributed by atoms with Gasteiger partial charge in [0.1, 0.15) is 0 Å². The number of oxazole rings is 1. The molecule has 0 aliphatic rings. The van der Waals surface area contributed by atoms with Crippen LogP contribution < -0.4 is 10.6 Å². The number of aryl methyl sites for hydroxylation is 1. The second-order valence-corrected chi connectivity index (χ2v) is 7.83. The summed E-state index contributed by atoms with van der Waals surface area (Å²) in [7, 11) is 0. The monoisotopic (exact) mass is 514 g/mol. The van der Waals surface area contributed by atoms with Gasteiger partial charge in [-0.1, -0.05) is 12.1 Å². The first-order valence-corrected chi connectivity index (χ1v) is 10.2. The molecule has 0 unspecified atom stereocenters. The van der Waals surface area contributed by atoms with Gasteiger partial charge >= 0.3 is 0 Å². The molecule has 0 atom stereocenters. The fourth-order valence-electron chi connectivity index (χ4n) is 2.80. The van der Waals surface area contributed by atoms with Crippen molar-refractivity contribution in [1.29, 1.82) is 0 Å². The van der Waals surface area contributed by atoms with Gasteiger partial charge in [0, 0.05) is 21.0 Å². The average Bonchev–Trinajstić information content (AvgIpc) is 3.14. The van der Waals surface area contributed by atoms with Crippen LogP contribution in [0.2, 0.25) is 0 Å². The van der Waals surface area contributed by atoms with Gasteiger partial charge in [0.15, 0.2) is 16.3 Å². The van der Waals surface area contributed by atoms with Crippen molar-refractivity contribution in [3.8, 4) is 11.5 Å². The van der Waals surface area contributed by atoms with Gasteiger partial charge in [0.25, 0.3) is 5.91 Å². The van der Waals surface area contributed by atoms with E-state index in [0.717, 1.165) is 20.4 Å². The van der Waals surface area contributed by atoms with E-state index in [-0.39, 0.29) is 11.0 Å². The van der Waals surface area contributed by atoms with Crippen LogP contribution in [0.3, 0.4) is 0 Å². The van der Waals surface area contributed by atoms with Gasteiger partial charge in [-0.15, -0.1) is 0 Å². The molecule has 29 heavy (non-hydrogen) atoms. The van der Waals surface area contributed by atoms with Crippen molar-refractivity contribution in [2.24, 2.45) is 0 Å². The molecular weight excluding hydrogens is 499 g/mol. The maximum absolute atomic E-state index is 12.4. The number of carbonyl (C=O) groups is 1. The Balaban J connectivity index is 1.49. The number of nitrogens with zero attached hydrogens (tertiary/aromatic N) is 2. The first kappa shape index (κ1) is 19.5. The Morgan fingerprint density at radius 3 is 2.72 bits per heavy atom.